The Kier molecular flexibility index (Phi) is 7.02. The number of carbonyl (C=O) groups is 3. The number of rotatable bonds is 6. The maximum Gasteiger partial charge on any atom is 0.251 e. The third kappa shape index (κ3) is 5.88. The highest BCUT2D eigenvalue weighted by atomic mass is 19.1. The lowest BCUT2D eigenvalue weighted by Crippen LogP contribution is -2.44. The SMILES string of the molecule is CC(=O)Nc1cc(NC(C)=O)cc(C(=O)NCC2(c3cccc(F)c3)CCOCC2)c1. The van der Waals surface area contributed by atoms with Crippen LogP contribution in [-0.2, 0) is 19.7 Å². The molecule has 2 aromatic rings. The molecule has 0 bridgehead atoms. The molecule has 3 rings (SSSR count). The molecule has 0 spiro atoms. The normalized spacial score (nSPS) is 15.1. The Bertz CT molecular complexity index is 952. The molecule has 3 N–H and O–H groups in total. The minimum absolute atomic E-state index is 0.288. The first-order valence-electron chi connectivity index (χ1n) is 10.1. The summed E-state index contributed by atoms with van der Waals surface area (Å²) in [4.78, 5) is 35.9. The lowest BCUT2D eigenvalue weighted by Gasteiger charge is -2.38. The van der Waals surface area contributed by atoms with E-state index in [4.69, 9.17) is 4.74 Å². The van der Waals surface area contributed by atoms with E-state index in [1.807, 2.05) is 6.07 Å². The topological polar surface area (TPSA) is 96.5 Å². The molecule has 1 heterocycles. The highest BCUT2D eigenvalue weighted by molar-refractivity contribution is 6.00. The first-order valence-corrected chi connectivity index (χ1v) is 10.1. The van der Waals surface area contributed by atoms with Crippen LogP contribution in [0.25, 0.3) is 0 Å². The third-order valence-electron chi connectivity index (χ3n) is 5.31. The molecule has 1 aliphatic heterocycles. The van der Waals surface area contributed by atoms with Gasteiger partial charge in [-0.15, -0.1) is 0 Å². The van der Waals surface area contributed by atoms with Gasteiger partial charge in [0, 0.05) is 56.0 Å². The van der Waals surface area contributed by atoms with Gasteiger partial charge in [0.1, 0.15) is 5.82 Å². The summed E-state index contributed by atoms with van der Waals surface area (Å²) < 4.78 is 19.4. The van der Waals surface area contributed by atoms with Crippen molar-refractivity contribution in [1.29, 1.82) is 0 Å². The van der Waals surface area contributed by atoms with Gasteiger partial charge in [0.05, 0.1) is 0 Å². The Hall–Kier alpha value is -3.26. The standard InChI is InChI=1S/C23H26FN3O4/c1-15(28)26-20-10-17(11-21(13-20)27-16(2)29)22(30)25-14-23(6-8-31-9-7-23)18-4-3-5-19(24)12-18/h3-5,10-13H,6-9,14H2,1-2H3,(H,25,30)(H,26,28)(H,27,29). The molecule has 1 aliphatic rings. The summed E-state index contributed by atoms with van der Waals surface area (Å²) in [5.41, 5.74) is 1.47. The molecule has 31 heavy (non-hydrogen) atoms. The molecule has 8 heteroatoms. The average Bonchev–Trinajstić information content (AvgIpc) is 2.71. The van der Waals surface area contributed by atoms with Crippen LogP contribution < -0.4 is 16.0 Å². The first-order chi connectivity index (χ1) is 14.8. The van der Waals surface area contributed by atoms with Crippen LogP contribution in [0.5, 0.6) is 0 Å². The van der Waals surface area contributed by atoms with Crippen molar-refractivity contribution in [3.8, 4) is 0 Å². The van der Waals surface area contributed by atoms with E-state index in [-0.39, 0.29) is 29.1 Å². The number of hydrogen-bond donors (Lipinski definition) is 3. The lowest BCUT2D eigenvalue weighted by atomic mass is 9.74. The number of benzene rings is 2. The van der Waals surface area contributed by atoms with E-state index in [1.165, 1.54) is 26.0 Å². The van der Waals surface area contributed by atoms with Crippen LogP contribution in [0.4, 0.5) is 15.8 Å². The summed E-state index contributed by atoms with van der Waals surface area (Å²) in [6, 6.07) is 11.1. The van der Waals surface area contributed by atoms with Crippen molar-refractivity contribution >= 4 is 29.1 Å². The van der Waals surface area contributed by atoms with Crippen LogP contribution in [0.2, 0.25) is 0 Å². The minimum atomic E-state index is -0.439. The number of hydrogen-bond acceptors (Lipinski definition) is 4. The van der Waals surface area contributed by atoms with E-state index in [0.29, 0.717) is 44.0 Å². The Morgan fingerprint density at radius 1 is 0.968 bits per heavy atom. The molecule has 7 nitrogen and oxygen atoms in total. The van der Waals surface area contributed by atoms with Gasteiger partial charge in [-0.25, -0.2) is 4.39 Å². The van der Waals surface area contributed by atoms with Crippen molar-refractivity contribution in [1.82, 2.24) is 5.32 Å². The quantitative estimate of drug-likeness (QED) is 0.660. The fourth-order valence-electron chi connectivity index (χ4n) is 3.81. The van der Waals surface area contributed by atoms with Crippen molar-refractivity contribution in [2.45, 2.75) is 32.1 Å². The van der Waals surface area contributed by atoms with Gasteiger partial charge in [0.15, 0.2) is 0 Å². The molecule has 0 atom stereocenters. The van der Waals surface area contributed by atoms with Gasteiger partial charge in [0.25, 0.3) is 5.91 Å². The second-order valence-corrected chi connectivity index (χ2v) is 7.75. The Balaban J connectivity index is 1.83. The van der Waals surface area contributed by atoms with Crippen molar-refractivity contribution < 1.29 is 23.5 Å². The molecule has 0 radical (unpaired) electrons. The van der Waals surface area contributed by atoms with Gasteiger partial charge >= 0.3 is 0 Å². The zero-order chi connectivity index (χ0) is 22.4. The second kappa shape index (κ2) is 9.70. The predicted octanol–water partition coefficient (Wildman–Crippen LogP) is 3.22. The summed E-state index contributed by atoms with van der Waals surface area (Å²) in [7, 11) is 0. The van der Waals surface area contributed by atoms with E-state index in [9.17, 15) is 18.8 Å². The van der Waals surface area contributed by atoms with Gasteiger partial charge in [-0.1, -0.05) is 12.1 Å². The van der Waals surface area contributed by atoms with Gasteiger partial charge in [-0.05, 0) is 48.7 Å². The second-order valence-electron chi connectivity index (χ2n) is 7.75. The van der Waals surface area contributed by atoms with Crippen LogP contribution in [0, 0.1) is 5.82 Å². The highest BCUT2D eigenvalue weighted by Crippen LogP contribution is 2.34. The van der Waals surface area contributed by atoms with Crippen LogP contribution in [0.3, 0.4) is 0 Å². The minimum Gasteiger partial charge on any atom is -0.381 e. The van der Waals surface area contributed by atoms with Crippen molar-refractivity contribution in [3.05, 3.63) is 59.4 Å². The third-order valence-corrected chi connectivity index (χ3v) is 5.31. The molecule has 0 aromatic heterocycles. The van der Waals surface area contributed by atoms with Crippen molar-refractivity contribution in [3.63, 3.8) is 0 Å². The summed E-state index contributed by atoms with van der Waals surface area (Å²) in [5.74, 6) is -1.27. The summed E-state index contributed by atoms with van der Waals surface area (Å²) in [6.45, 7) is 4.07. The molecule has 0 aliphatic carbocycles. The van der Waals surface area contributed by atoms with Crippen LogP contribution in [-0.4, -0.2) is 37.5 Å². The molecule has 0 saturated carbocycles. The Labute approximate surface area is 180 Å². The average molecular weight is 427 g/mol. The zero-order valence-corrected chi connectivity index (χ0v) is 17.6. The van der Waals surface area contributed by atoms with E-state index < -0.39 is 5.41 Å². The molecule has 0 unspecified atom stereocenters. The van der Waals surface area contributed by atoms with E-state index in [1.54, 1.807) is 24.3 Å². The van der Waals surface area contributed by atoms with Crippen molar-refractivity contribution in [2.24, 2.45) is 0 Å². The maximum absolute atomic E-state index is 13.9. The predicted molar refractivity (Wildman–Crippen MR) is 116 cm³/mol. The van der Waals surface area contributed by atoms with Gasteiger partial charge in [-0.3, -0.25) is 14.4 Å². The summed E-state index contributed by atoms with van der Waals surface area (Å²) >= 11 is 0. The number of anilines is 2. The summed E-state index contributed by atoms with van der Waals surface area (Å²) in [5, 5.41) is 8.21. The number of ether oxygens (including phenoxy) is 1. The van der Waals surface area contributed by atoms with Gasteiger partial charge in [-0.2, -0.15) is 0 Å². The molecule has 2 aromatic carbocycles. The largest absolute Gasteiger partial charge is 0.381 e. The van der Waals surface area contributed by atoms with E-state index >= 15 is 0 Å². The Morgan fingerprint density at radius 3 is 2.13 bits per heavy atom. The highest BCUT2D eigenvalue weighted by Gasteiger charge is 2.35. The zero-order valence-electron chi connectivity index (χ0n) is 17.6. The number of halogens is 1. The van der Waals surface area contributed by atoms with E-state index in [0.717, 1.165) is 5.56 Å². The fourth-order valence-corrected chi connectivity index (χ4v) is 3.81. The molecular weight excluding hydrogens is 401 g/mol. The smallest absolute Gasteiger partial charge is 0.251 e. The number of nitrogens with one attached hydrogen (secondary N) is 3. The molecule has 1 saturated heterocycles. The molecular formula is C23H26FN3O4. The van der Waals surface area contributed by atoms with Crippen LogP contribution in [0.15, 0.2) is 42.5 Å². The van der Waals surface area contributed by atoms with Crippen molar-refractivity contribution in [2.75, 3.05) is 30.4 Å². The monoisotopic (exact) mass is 427 g/mol. The molecule has 3 amide bonds. The summed E-state index contributed by atoms with van der Waals surface area (Å²) in [6.07, 6.45) is 1.31. The molecule has 164 valence electrons. The number of carbonyl (C=O) groups excluding carboxylic acids is 3. The first kappa shape index (κ1) is 22.4. The van der Waals surface area contributed by atoms with Gasteiger partial charge < -0.3 is 20.7 Å². The molecule has 1 fully saturated rings. The number of amides is 3. The Morgan fingerprint density at radius 2 is 1.58 bits per heavy atom. The van der Waals surface area contributed by atoms with E-state index in [2.05, 4.69) is 16.0 Å². The lowest BCUT2D eigenvalue weighted by molar-refractivity contribution is -0.115. The van der Waals surface area contributed by atoms with Gasteiger partial charge in [0.2, 0.25) is 11.8 Å². The van der Waals surface area contributed by atoms with Crippen LogP contribution >= 0.6 is 0 Å². The maximum atomic E-state index is 13.9. The van der Waals surface area contributed by atoms with Crippen LogP contribution in [0.1, 0.15) is 42.6 Å². The fraction of sp³-hybridized carbons (Fsp3) is 0.348.